The maximum atomic E-state index is 12.0. The summed E-state index contributed by atoms with van der Waals surface area (Å²) in [7, 11) is 2.96. The minimum absolute atomic E-state index is 0.0241. The average Bonchev–Trinajstić information content (AvgIpc) is 2.64. The number of hydrogen-bond acceptors (Lipinski definition) is 4. The zero-order valence-corrected chi connectivity index (χ0v) is 15.8. The molecule has 0 fully saturated rings. The molecule has 6 heteroatoms. The molecule has 2 rings (SSSR count). The molecule has 0 bridgehead atoms. The summed E-state index contributed by atoms with van der Waals surface area (Å²) in [4.78, 5) is 23.4. The molecule has 0 atom stereocenters. The van der Waals surface area contributed by atoms with Crippen molar-refractivity contribution in [3.8, 4) is 5.75 Å². The van der Waals surface area contributed by atoms with Crippen molar-refractivity contribution in [3.05, 3.63) is 63.6 Å². The predicted molar refractivity (Wildman–Crippen MR) is 98.6 cm³/mol. The number of carbonyl (C=O) groups excluding carboxylic acids is 2. The monoisotopic (exact) mass is 405 g/mol. The van der Waals surface area contributed by atoms with E-state index in [9.17, 15) is 9.59 Å². The Morgan fingerprint density at radius 2 is 1.72 bits per heavy atom. The third kappa shape index (κ3) is 5.60. The molecule has 0 aliphatic carbocycles. The Balaban J connectivity index is 1.80. The van der Waals surface area contributed by atoms with Gasteiger partial charge in [0.15, 0.2) is 0 Å². The van der Waals surface area contributed by atoms with E-state index >= 15 is 0 Å². The van der Waals surface area contributed by atoms with Crippen molar-refractivity contribution in [2.75, 3.05) is 14.2 Å². The molecule has 0 unspecified atom stereocenters. The Morgan fingerprint density at radius 1 is 1.04 bits per heavy atom. The maximum absolute atomic E-state index is 12.0. The highest BCUT2D eigenvalue weighted by Gasteiger charge is 2.07. The van der Waals surface area contributed by atoms with Crippen molar-refractivity contribution < 1.29 is 19.1 Å². The van der Waals surface area contributed by atoms with Crippen LogP contribution in [0.15, 0.2) is 46.9 Å². The molecule has 132 valence electrons. The van der Waals surface area contributed by atoms with Crippen molar-refractivity contribution in [1.29, 1.82) is 0 Å². The van der Waals surface area contributed by atoms with E-state index in [1.165, 1.54) is 7.11 Å². The summed E-state index contributed by atoms with van der Waals surface area (Å²) in [5.41, 5.74) is 2.47. The molecule has 2 aromatic rings. The molecular weight excluding hydrogens is 386 g/mol. The number of nitrogens with one attached hydrogen (secondary N) is 1. The van der Waals surface area contributed by atoms with E-state index in [-0.39, 0.29) is 11.9 Å². The molecule has 0 aromatic heterocycles. The Kier molecular flexibility index (Phi) is 7.01. The second kappa shape index (κ2) is 9.22. The molecule has 2 aromatic carbocycles. The smallest absolute Gasteiger partial charge is 0.337 e. The topological polar surface area (TPSA) is 64.6 Å². The van der Waals surface area contributed by atoms with Crippen LogP contribution in [-0.4, -0.2) is 26.1 Å². The number of hydrogen-bond donors (Lipinski definition) is 1. The molecule has 0 saturated carbocycles. The number of rotatable bonds is 7. The van der Waals surface area contributed by atoms with Gasteiger partial charge < -0.3 is 14.8 Å². The summed E-state index contributed by atoms with van der Waals surface area (Å²) < 4.78 is 10.7. The van der Waals surface area contributed by atoms with E-state index in [0.717, 1.165) is 21.3 Å². The minimum atomic E-state index is -0.374. The Morgan fingerprint density at radius 3 is 2.32 bits per heavy atom. The fourth-order valence-electron chi connectivity index (χ4n) is 2.29. The number of methoxy groups -OCH3 is 2. The summed E-state index contributed by atoms with van der Waals surface area (Å²) in [5, 5.41) is 2.88. The highest BCUT2D eigenvalue weighted by Crippen LogP contribution is 2.25. The van der Waals surface area contributed by atoms with Crippen LogP contribution < -0.4 is 10.1 Å². The fourth-order valence-corrected chi connectivity index (χ4v) is 2.88. The lowest BCUT2D eigenvalue weighted by molar-refractivity contribution is -0.121. The SMILES string of the molecule is COC(=O)c1ccc(CNC(=O)CCc2ccc(OC)c(Br)c2)cc1. The van der Waals surface area contributed by atoms with Crippen molar-refractivity contribution in [2.45, 2.75) is 19.4 Å². The molecule has 0 saturated heterocycles. The van der Waals surface area contributed by atoms with E-state index in [0.29, 0.717) is 24.9 Å². The summed E-state index contributed by atoms with van der Waals surface area (Å²) in [6.45, 7) is 0.423. The van der Waals surface area contributed by atoms with Gasteiger partial charge in [0, 0.05) is 13.0 Å². The number of esters is 1. The number of carbonyl (C=O) groups is 2. The second-order valence-corrected chi connectivity index (χ2v) is 6.29. The van der Waals surface area contributed by atoms with Gasteiger partial charge in [-0.25, -0.2) is 4.79 Å². The predicted octanol–water partition coefficient (Wildman–Crippen LogP) is 3.49. The quantitative estimate of drug-likeness (QED) is 0.715. The normalized spacial score (nSPS) is 10.2. The first-order chi connectivity index (χ1) is 12.0. The molecule has 1 amide bonds. The molecule has 0 aliphatic heterocycles. The highest BCUT2D eigenvalue weighted by atomic mass is 79.9. The van der Waals surface area contributed by atoms with Crippen LogP contribution in [0.5, 0.6) is 5.75 Å². The zero-order chi connectivity index (χ0) is 18.2. The van der Waals surface area contributed by atoms with Crippen LogP contribution in [0.2, 0.25) is 0 Å². The van der Waals surface area contributed by atoms with Crippen molar-refractivity contribution in [1.82, 2.24) is 5.32 Å². The average molecular weight is 406 g/mol. The van der Waals surface area contributed by atoms with E-state index in [4.69, 9.17) is 4.74 Å². The van der Waals surface area contributed by atoms with Crippen molar-refractivity contribution in [2.24, 2.45) is 0 Å². The van der Waals surface area contributed by atoms with Gasteiger partial charge >= 0.3 is 5.97 Å². The van der Waals surface area contributed by atoms with E-state index in [2.05, 4.69) is 26.0 Å². The van der Waals surface area contributed by atoms with Gasteiger partial charge in [0.05, 0.1) is 24.3 Å². The number of ether oxygens (including phenoxy) is 2. The standard InChI is InChI=1S/C19H20BrNO4/c1-24-17-9-5-13(11-16(17)20)6-10-18(22)21-12-14-3-7-15(8-4-14)19(23)25-2/h3-5,7-9,11H,6,10,12H2,1-2H3,(H,21,22). The lowest BCUT2D eigenvalue weighted by Gasteiger charge is -2.08. The van der Waals surface area contributed by atoms with Gasteiger partial charge in [0.2, 0.25) is 5.91 Å². The number of halogens is 1. The molecule has 0 heterocycles. The zero-order valence-electron chi connectivity index (χ0n) is 14.2. The number of benzene rings is 2. The molecule has 25 heavy (non-hydrogen) atoms. The molecule has 1 N–H and O–H groups in total. The third-order valence-corrected chi connectivity index (χ3v) is 4.34. The maximum Gasteiger partial charge on any atom is 0.337 e. The van der Waals surface area contributed by atoms with Crippen LogP contribution in [0.25, 0.3) is 0 Å². The first-order valence-corrected chi connectivity index (χ1v) is 8.59. The van der Waals surface area contributed by atoms with Gasteiger partial charge in [-0.2, -0.15) is 0 Å². The van der Waals surface area contributed by atoms with Crippen LogP contribution in [0, 0.1) is 0 Å². The molecule has 5 nitrogen and oxygen atoms in total. The van der Waals surface area contributed by atoms with E-state index < -0.39 is 0 Å². The molecular formula is C19H20BrNO4. The summed E-state index contributed by atoms with van der Waals surface area (Å²) in [5.74, 6) is 0.369. The van der Waals surface area contributed by atoms with E-state index in [1.54, 1.807) is 31.4 Å². The van der Waals surface area contributed by atoms with E-state index in [1.807, 2.05) is 18.2 Å². The van der Waals surface area contributed by atoms with Gasteiger partial charge in [-0.05, 0) is 57.7 Å². The minimum Gasteiger partial charge on any atom is -0.496 e. The Labute approximate surface area is 155 Å². The summed E-state index contributed by atoms with van der Waals surface area (Å²) in [6.07, 6.45) is 1.05. The van der Waals surface area contributed by atoms with Crippen LogP contribution in [0.4, 0.5) is 0 Å². The molecule has 0 radical (unpaired) electrons. The first-order valence-electron chi connectivity index (χ1n) is 7.80. The largest absolute Gasteiger partial charge is 0.496 e. The molecule has 0 aliphatic rings. The van der Waals surface area contributed by atoms with Crippen molar-refractivity contribution in [3.63, 3.8) is 0 Å². The summed E-state index contributed by atoms with van der Waals surface area (Å²) in [6, 6.07) is 12.7. The fraction of sp³-hybridized carbons (Fsp3) is 0.263. The number of amides is 1. The van der Waals surface area contributed by atoms with Gasteiger partial charge in [-0.3, -0.25) is 4.79 Å². The summed E-state index contributed by atoms with van der Waals surface area (Å²) >= 11 is 3.44. The van der Waals surface area contributed by atoms with Gasteiger partial charge in [-0.1, -0.05) is 18.2 Å². The van der Waals surface area contributed by atoms with Crippen molar-refractivity contribution >= 4 is 27.8 Å². The second-order valence-electron chi connectivity index (χ2n) is 5.43. The Bertz CT molecular complexity index is 744. The van der Waals surface area contributed by atoms with Gasteiger partial charge in [-0.15, -0.1) is 0 Å². The van der Waals surface area contributed by atoms with Crippen LogP contribution >= 0.6 is 15.9 Å². The Hall–Kier alpha value is -2.34. The van der Waals surface area contributed by atoms with Crippen LogP contribution in [0.1, 0.15) is 27.9 Å². The lowest BCUT2D eigenvalue weighted by atomic mass is 10.1. The highest BCUT2D eigenvalue weighted by molar-refractivity contribution is 9.10. The van der Waals surface area contributed by atoms with Gasteiger partial charge in [0.1, 0.15) is 5.75 Å². The first kappa shape index (κ1) is 19.0. The van der Waals surface area contributed by atoms with Gasteiger partial charge in [0.25, 0.3) is 0 Å². The molecule has 0 spiro atoms. The van der Waals surface area contributed by atoms with Crippen LogP contribution in [0.3, 0.4) is 0 Å². The van der Waals surface area contributed by atoms with Crippen LogP contribution in [-0.2, 0) is 22.5 Å². The number of aryl methyl sites for hydroxylation is 1. The lowest BCUT2D eigenvalue weighted by Crippen LogP contribution is -2.23. The third-order valence-electron chi connectivity index (χ3n) is 3.72.